The molecule has 1 amide bonds. The van der Waals surface area contributed by atoms with E-state index in [2.05, 4.69) is 15.3 Å². The smallest absolute Gasteiger partial charge is 0.262 e. The number of ether oxygens (including phenoxy) is 2. The summed E-state index contributed by atoms with van der Waals surface area (Å²) in [5.41, 5.74) is 1.06. The Morgan fingerprint density at radius 1 is 1.18 bits per heavy atom. The Hall–Kier alpha value is -3.89. The average molecular weight is 481 g/mol. The summed E-state index contributed by atoms with van der Waals surface area (Å²) < 4.78 is 25.3. The number of fused-ring (bicyclic) bond motifs is 1. The number of aromatic amines is 1. The molecule has 0 fully saturated rings. The highest BCUT2D eigenvalue weighted by Crippen LogP contribution is 2.21. The molecule has 4 aromatic rings. The third-order valence-corrected chi connectivity index (χ3v) is 5.33. The van der Waals surface area contributed by atoms with Crippen molar-refractivity contribution in [3.8, 4) is 11.6 Å². The van der Waals surface area contributed by atoms with Gasteiger partial charge in [-0.05, 0) is 67.2 Å². The second-order valence-electron chi connectivity index (χ2n) is 7.39. The minimum atomic E-state index is -0.375. The fourth-order valence-corrected chi connectivity index (χ4v) is 3.59. The van der Waals surface area contributed by atoms with Gasteiger partial charge in [0.15, 0.2) is 4.77 Å². The lowest BCUT2D eigenvalue weighted by Crippen LogP contribution is -2.23. The van der Waals surface area contributed by atoms with Gasteiger partial charge in [0.25, 0.3) is 11.5 Å². The van der Waals surface area contributed by atoms with Crippen molar-refractivity contribution in [3.63, 3.8) is 0 Å². The first-order valence-corrected chi connectivity index (χ1v) is 10.8. The summed E-state index contributed by atoms with van der Waals surface area (Å²) >= 11 is 5.32. The molecular formula is C24H21FN4O4S. The van der Waals surface area contributed by atoms with Gasteiger partial charge < -0.3 is 19.8 Å². The minimum Gasteiger partial charge on any atom is -0.439 e. The molecule has 0 aliphatic heterocycles. The number of aromatic nitrogens is 3. The number of nitrogens with zero attached hydrogens (tertiary/aromatic N) is 2. The van der Waals surface area contributed by atoms with Gasteiger partial charge in [-0.2, -0.15) is 0 Å². The summed E-state index contributed by atoms with van der Waals surface area (Å²) in [7, 11) is 1.60. The number of methoxy groups -OCH3 is 1. The summed E-state index contributed by atoms with van der Waals surface area (Å²) in [6.07, 6.45) is 2.10. The van der Waals surface area contributed by atoms with Crippen LogP contribution in [0.1, 0.15) is 16.8 Å². The molecule has 34 heavy (non-hydrogen) atoms. The zero-order valence-corrected chi connectivity index (χ0v) is 19.0. The van der Waals surface area contributed by atoms with E-state index in [1.165, 1.54) is 35.0 Å². The van der Waals surface area contributed by atoms with Gasteiger partial charge in [0.05, 0.1) is 22.8 Å². The molecule has 0 saturated carbocycles. The lowest BCUT2D eigenvalue weighted by Gasteiger charge is -2.10. The maximum atomic E-state index is 13.0. The van der Waals surface area contributed by atoms with E-state index < -0.39 is 0 Å². The Kier molecular flexibility index (Phi) is 7.09. The van der Waals surface area contributed by atoms with Crippen LogP contribution in [0.5, 0.6) is 11.6 Å². The topological polar surface area (TPSA) is 98.2 Å². The van der Waals surface area contributed by atoms with Gasteiger partial charge >= 0.3 is 0 Å². The monoisotopic (exact) mass is 480 g/mol. The molecular weight excluding hydrogens is 459 g/mol. The van der Waals surface area contributed by atoms with Gasteiger partial charge in [-0.15, -0.1) is 0 Å². The highest BCUT2D eigenvalue weighted by Gasteiger charge is 2.11. The predicted molar refractivity (Wildman–Crippen MR) is 129 cm³/mol. The third-order valence-electron chi connectivity index (χ3n) is 5.00. The molecule has 0 bridgehead atoms. The Morgan fingerprint density at radius 3 is 2.68 bits per heavy atom. The van der Waals surface area contributed by atoms with Gasteiger partial charge in [-0.25, -0.2) is 9.37 Å². The van der Waals surface area contributed by atoms with Crippen LogP contribution >= 0.6 is 12.2 Å². The first kappa shape index (κ1) is 23.3. The second kappa shape index (κ2) is 10.4. The zero-order valence-electron chi connectivity index (χ0n) is 18.2. The maximum Gasteiger partial charge on any atom is 0.262 e. The average Bonchev–Trinajstić information content (AvgIpc) is 2.83. The second-order valence-corrected chi connectivity index (χ2v) is 7.78. The minimum absolute atomic E-state index is 0.220. The number of H-pyrrole nitrogens is 1. The van der Waals surface area contributed by atoms with Crippen molar-refractivity contribution in [2.45, 2.75) is 13.0 Å². The van der Waals surface area contributed by atoms with Crippen LogP contribution in [0.25, 0.3) is 10.9 Å². The first-order valence-electron chi connectivity index (χ1n) is 10.4. The van der Waals surface area contributed by atoms with Crippen molar-refractivity contribution in [3.05, 3.63) is 87.3 Å². The largest absolute Gasteiger partial charge is 0.439 e. The van der Waals surface area contributed by atoms with Crippen LogP contribution in [-0.2, 0) is 11.3 Å². The molecule has 2 heterocycles. The number of carbonyl (C=O) groups is 1. The van der Waals surface area contributed by atoms with E-state index in [-0.39, 0.29) is 22.1 Å². The molecule has 10 heteroatoms. The Balaban J connectivity index is 1.48. The van der Waals surface area contributed by atoms with E-state index in [4.69, 9.17) is 21.7 Å². The van der Waals surface area contributed by atoms with E-state index in [0.717, 1.165) is 0 Å². The molecule has 2 aromatic heterocycles. The van der Waals surface area contributed by atoms with Crippen LogP contribution in [0.2, 0.25) is 0 Å². The van der Waals surface area contributed by atoms with E-state index in [0.29, 0.717) is 53.4 Å². The van der Waals surface area contributed by atoms with Gasteiger partial charge in [-0.1, -0.05) is 0 Å². The van der Waals surface area contributed by atoms with Gasteiger partial charge in [0.2, 0.25) is 5.88 Å². The highest BCUT2D eigenvalue weighted by atomic mass is 32.1. The van der Waals surface area contributed by atoms with Gasteiger partial charge in [0.1, 0.15) is 11.6 Å². The van der Waals surface area contributed by atoms with E-state index in [1.807, 2.05) is 0 Å². The number of hydrogen-bond acceptors (Lipinski definition) is 6. The molecule has 0 unspecified atom stereocenters. The number of nitrogens with one attached hydrogen (secondary N) is 2. The van der Waals surface area contributed by atoms with Crippen molar-refractivity contribution >= 4 is 34.7 Å². The van der Waals surface area contributed by atoms with E-state index in [1.54, 1.807) is 37.4 Å². The number of halogens is 1. The number of carbonyl (C=O) groups excluding carboxylic acids is 1. The van der Waals surface area contributed by atoms with Crippen LogP contribution in [-0.4, -0.2) is 34.2 Å². The van der Waals surface area contributed by atoms with E-state index in [9.17, 15) is 14.0 Å². The normalized spacial score (nSPS) is 10.9. The van der Waals surface area contributed by atoms with E-state index >= 15 is 0 Å². The summed E-state index contributed by atoms with van der Waals surface area (Å²) in [6, 6.07) is 13.5. The molecule has 4 rings (SSSR count). The SMILES string of the molecule is COCCCn1c(=S)[nH]c2cc(C(=O)Nc3ccc(Oc4ccc(F)cc4)nc3)ccc2c1=O. The van der Waals surface area contributed by atoms with Crippen LogP contribution in [0.4, 0.5) is 10.1 Å². The predicted octanol–water partition coefficient (Wildman–Crippen LogP) is 4.67. The summed E-state index contributed by atoms with van der Waals surface area (Å²) in [5.74, 6) is 0.00229. The van der Waals surface area contributed by atoms with Crippen LogP contribution in [0, 0.1) is 10.6 Å². The standard InChI is InChI=1S/C24H21FN4O4S/c1-32-12-2-11-29-23(31)19-9-3-15(13-20(19)28-24(29)34)22(30)27-17-6-10-21(26-14-17)33-18-7-4-16(25)5-8-18/h3-10,13-14H,2,11-12H2,1H3,(H,27,30)(H,28,34). The lowest BCUT2D eigenvalue weighted by molar-refractivity contribution is 0.102. The van der Waals surface area contributed by atoms with Crippen molar-refractivity contribution < 1.29 is 18.7 Å². The van der Waals surface area contributed by atoms with Gasteiger partial charge in [0, 0.05) is 31.9 Å². The quantitative estimate of drug-likeness (QED) is 0.281. The number of amides is 1. The molecule has 0 aliphatic carbocycles. The summed E-state index contributed by atoms with van der Waals surface area (Å²) in [4.78, 5) is 32.7. The number of anilines is 1. The highest BCUT2D eigenvalue weighted by molar-refractivity contribution is 7.71. The number of benzene rings is 2. The molecule has 2 N–H and O–H groups in total. The molecule has 0 aliphatic rings. The number of hydrogen-bond donors (Lipinski definition) is 2. The number of pyridine rings is 1. The fourth-order valence-electron chi connectivity index (χ4n) is 3.31. The third kappa shape index (κ3) is 5.36. The summed E-state index contributed by atoms with van der Waals surface area (Å²) in [6.45, 7) is 0.959. The first-order chi connectivity index (χ1) is 16.4. The van der Waals surface area contributed by atoms with Gasteiger partial charge in [-0.3, -0.25) is 14.2 Å². The molecule has 0 radical (unpaired) electrons. The Bertz CT molecular complexity index is 1430. The molecule has 174 valence electrons. The van der Waals surface area contributed by atoms with Crippen LogP contribution in [0.3, 0.4) is 0 Å². The fraction of sp³-hybridized carbons (Fsp3) is 0.167. The lowest BCUT2D eigenvalue weighted by atomic mass is 10.1. The van der Waals surface area contributed by atoms with Crippen LogP contribution in [0.15, 0.2) is 65.6 Å². The molecule has 0 atom stereocenters. The van der Waals surface area contributed by atoms with Crippen molar-refractivity contribution in [1.29, 1.82) is 0 Å². The number of rotatable bonds is 8. The molecule has 2 aromatic carbocycles. The Labute approximate surface area is 199 Å². The maximum absolute atomic E-state index is 13.0. The molecule has 0 saturated heterocycles. The van der Waals surface area contributed by atoms with Crippen molar-refractivity contribution in [1.82, 2.24) is 14.5 Å². The molecule has 8 nitrogen and oxygen atoms in total. The van der Waals surface area contributed by atoms with Crippen molar-refractivity contribution in [2.24, 2.45) is 0 Å². The Morgan fingerprint density at radius 2 is 1.97 bits per heavy atom. The molecule has 0 spiro atoms. The van der Waals surface area contributed by atoms with Crippen molar-refractivity contribution in [2.75, 3.05) is 19.0 Å². The summed E-state index contributed by atoms with van der Waals surface area (Å²) in [5, 5.41) is 3.19. The van der Waals surface area contributed by atoms with Crippen LogP contribution < -0.4 is 15.6 Å². The zero-order chi connectivity index (χ0) is 24.1.